The molecule has 0 saturated carbocycles. The fourth-order valence-electron chi connectivity index (χ4n) is 2.94. The van der Waals surface area contributed by atoms with Crippen molar-refractivity contribution in [3.8, 4) is 0 Å². The summed E-state index contributed by atoms with van der Waals surface area (Å²) in [5.41, 5.74) is 1.31. The molecule has 2 heterocycles. The number of pyridine rings is 1. The molecule has 3 rings (SSSR count). The summed E-state index contributed by atoms with van der Waals surface area (Å²) in [6.07, 6.45) is 5.08. The van der Waals surface area contributed by atoms with Gasteiger partial charge >= 0.3 is 0 Å². The van der Waals surface area contributed by atoms with E-state index in [1.54, 1.807) is 24.5 Å². The Balaban J connectivity index is 1.46. The van der Waals surface area contributed by atoms with Crippen molar-refractivity contribution in [3.05, 3.63) is 66.0 Å². The topological polar surface area (TPSA) is 62.3 Å². The van der Waals surface area contributed by atoms with Gasteiger partial charge in [-0.1, -0.05) is 18.2 Å². The third-order valence-electron chi connectivity index (χ3n) is 4.40. The number of carbonyl (C=O) groups is 2. The van der Waals surface area contributed by atoms with Crippen molar-refractivity contribution in [3.63, 3.8) is 0 Å². The smallest absolute Gasteiger partial charge is 0.255 e. The molecule has 0 radical (unpaired) electrons. The highest BCUT2D eigenvalue weighted by atomic mass is 16.2. The zero-order valence-electron chi connectivity index (χ0n) is 13.5. The zero-order chi connectivity index (χ0) is 16.8. The fourth-order valence-corrected chi connectivity index (χ4v) is 2.94. The molecule has 0 bridgehead atoms. The normalized spacial score (nSPS) is 15.1. The third-order valence-corrected chi connectivity index (χ3v) is 4.40. The summed E-state index contributed by atoms with van der Waals surface area (Å²) in [5, 5.41) is 2.99. The number of rotatable bonds is 4. The molecule has 5 nitrogen and oxygen atoms in total. The van der Waals surface area contributed by atoms with Gasteiger partial charge in [0.25, 0.3) is 11.8 Å². The summed E-state index contributed by atoms with van der Waals surface area (Å²) in [5.74, 6) is 0.412. The summed E-state index contributed by atoms with van der Waals surface area (Å²) in [4.78, 5) is 30.3. The molecule has 5 heteroatoms. The maximum Gasteiger partial charge on any atom is 0.255 e. The summed E-state index contributed by atoms with van der Waals surface area (Å²) in [6.45, 7) is 2.10. The number of hydrogen-bond acceptors (Lipinski definition) is 3. The van der Waals surface area contributed by atoms with Gasteiger partial charge in [-0.15, -0.1) is 0 Å². The van der Waals surface area contributed by atoms with Crippen LogP contribution in [0.1, 0.15) is 33.6 Å². The molecule has 1 aromatic heterocycles. The molecule has 1 aliphatic rings. The van der Waals surface area contributed by atoms with Crippen LogP contribution in [-0.2, 0) is 0 Å². The van der Waals surface area contributed by atoms with Gasteiger partial charge in [0.05, 0.1) is 5.56 Å². The van der Waals surface area contributed by atoms with Crippen molar-refractivity contribution in [1.82, 2.24) is 15.2 Å². The fraction of sp³-hybridized carbons (Fsp3) is 0.316. The van der Waals surface area contributed by atoms with Crippen LogP contribution in [0, 0.1) is 5.92 Å². The van der Waals surface area contributed by atoms with Gasteiger partial charge in [0.1, 0.15) is 0 Å². The van der Waals surface area contributed by atoms with Crippen molar-refractivity contribution in [2.45, 2.75) is 12.8 Å². The molecular weight excluding hydrogens is 302 g/mol. The Morgan fingerprint density at radius 3 is 2.42 bits per heavy atom. The minimum absolute atomic E-state index is 0.0369. The van der Waals surface area contributed by atoms with Crippen LogP contribution < -0.4 is 5.32 Å². The molecule has 2 amide bonds. The van der Waals surface area contributed by atoms with E-state index >= 15 is 0 Å². The quantitative estimate of drug-likeness (QED) is 0.939. The lowest BCUT2D eigenvalue weighted by atomic mass is 9.96. The number of nitrogens with zero attached hydrogens (tertiary/aromatic N) is 2. The van der Waals surface area contributed by atoms with Crippen LogP contribution in [0.3, 0.4) is 0 Å². The Labute approximate surface area is 141 Å². The van der Waals surface area contributed by atoms with Crippen LogP contribution >= 0.6 is 0 Å². The largest absolute Gasteiger partial charge is 0.352 e. The number of carbonyl (C=O) groups excluding carboxylic acids is 2. The van der Waals surface area contributed by atoms with Gasteiger partial charge in [-0.2, -0.15) is 0 Å². The first-order valence-electron chi connectivity index (χ1n) is 8.26. The lowest BCUT2D eigenvalue weighted by molar-refractivity contribution is 0.0684. The van der Waals surface area contributed by atoms with Crippen molar-refractivity contribution < 1.29 is 9.59 Å². The van der Waals surface area contributed by atoms with Crippen LogP contribution in [0.2, 0.25) is 0 Å². The van der Waals surface area contributed by atoms with Gasteiger partial charge in [-0.3, -0.25) is 14.6 Å². The van der Waals surface area contributed by atoms with Gasteiger partial charge in [0.2, 0.25) is 0 Å². The van der Waals surface area contributed by atoms with Crippen LogP contribution in [0.4, 0.5) is 0 Å². The second kappa shape index (κ2) is 7.73. The maximum absolute atomic E-state index is 12.4. The van der Waals surface area contributed by atoms with E-state index < -0.39 is 0 Å². The minimum atomic E-state index is -0.0375. The molecule has 1 aromatic carbocycles. The molecule has 124 valence electrons. The van der Waals surface area contributed by atoms with Gasteiger partial charge in [0.15, 0.2) is 0 Å². The Hall–Kier alpha value is -2.69. The van der Waals surface area contributed by atoms with E-state index in [-0.39, 0.29) is 11.8 Å². The number of likely N-dealkylation sites (tertiary alicyclic amines) is 1. The lowest BCUT2D eigenvalue weighted by Crippen LogP contribution is -2.41. The summed E-state index contributed by atoms with van der Waals surface area (Å²) in [7, 11) is 0. The molecule has 0 unspecified atom stereocenters. The minimum Gasteiger partial charge on any atom is -0.352 e. The SMILES string of the molecule is O=C(NCC1CCN(C(=O)c2cccnc2)CC1)c1ccccc1. The van der Waals surface area contributed by atoms with Crippen LogP contribution in [0.15, 0.2) is 54.9 Å². The summed E-state index contributed by atoms with van der Waals surface area (Å²) in [6, 6.07) is 12.8. The predicted octanol–water partition coefficient (Wildman–Crippen LogP) is 2.36. The monoisotopic (exact) mass is 323 g/mol. The number of benzene rings is 1. The van der Waals surface area contributed by atoms with E-state index in [1.165, 1.54) is 0 Å². The second-order valence-electron chi connectivity index (χ2n) is 6.05. The van der Waals surface area contributed by atoms with Gasteiger partial charge < -0.3 is 10.2 Å². The van der Waals surface area contributed by atoms with E-state index in [2.05, 4.69) is 10.3 Å². The highest BCUT2D eigenvalue weighted by Gasteiger charge is 2.24. The van der Waals surface area contributed by atoms with Crippen molar-refractivity contribution in [1.29, 1.82) is 0 Å². The number of amides is 2. The standard InChI is InChI=1S/C19H21N3O2/c23-18(16-5-2-1-3-6-16)21-13-15-8-11-22(12-9-15)19(24)17-7-4-10-20-14-17/h1-7,10,14-15H,8-9,11-13H2,(H,21,23). The van der Waals surface area contributed by atoms with E-state index in [4.69, 9.17) is 0 Å². The first kappa shape index (κ1) is 16.2. The molecule has 0 atom stereocenters. The number of piperidine rings is 1. The number of nitrogens with one attached hydrogen (secondary N) is 1. The van der Waals surface area contributed by atoms with Crippen LogP contribution in [-0.4, -0.2) is 41.3 Å². The number of hydrogen-bond donors (Lipinski definition) is 1. The summed E-state index contributed by atoms with van der Waals surface area (Å²) < 4.78 is 0. The molecule has 1 fully saturated rings. The van der Waals surface area contributed by atoms with Crippen molar-refractivity contribution in [2.75, 3.05) is 19.6 Å². The first-order valence-corrected chi connectivity index (χ1v) is 8.26. The van der Waals surface area contributed by atoms with Crippen molar-refractivity contribution >= 4 is 11.8 Å². The molecular formula is C19H21N3O2. The van der Waals surface area contributed by atoms with Gasteiger partial charge in [-0.25, -0.2) is 0 Å². The van der Waals surface area contributed by atoms with E-state index in [9.17, 15) is 9.59 Å². The van der Waals surface area contributed by atoms with Crippen molar-refractivity contribution in [2.24, 2.45) is 5.92 Å². The Kier molecular flexibility index (Phi) is 5.21. The van der Waals surface area contributed by atoms with E-state index in [1.807, 2.05) is 35.2 Å². The highest BCUT2D eigenvalue weighted by molar-refractivity contribution is 5.94. The first-order chi connectivity index (χ1) is 11.7. The molecule has 2 aromatic rings. The molecule has 1 saturated heterocycles. The van der Waals surface area contributed by atoms with Crippen LogP contribution in [0.25, 0.3) is 0 Å². The molecule has 1 N–H and O–H groups in total. The van der Waals surface area contributed by atoms with Gasteiger partial charge in [0, 0.05) is 37.6 Å². The zero-order valence-corrected chi connectivity index (χ0v) is 13.5. The maximum atomic E-state index is 12.4. The number of aromatic nitrogens is 1. The lowest BCUT2D eigenvalue weighted by Gasteiger charge is -2.32. The molecule has 0 spiro atoms. The molecule has 1 aliphatic heterocycles. The highest BCUT2D eigenvalue weighted by Crippen LogP contribution is 2.18. The Bertz CT molecular complexity index is 680. The summed E-state index contributed by atoms with van der Waals surface area (Å²) >= 11 is 0. The Morgan fingerprint density at radius 2 is 1.75 bits per heavy atom. The molecule has 24 heavy (non-hydrogen) atoms. The third kappa shape index (κ3) is 3.98. The molecule has 0 aliphatic carbocycles. The second-order valence-corrected chi connectivity index (χ2v) is 6.05. The van der Waals surface area contributed by atoms with Crippen LogP contribution in [0.5, 0.6) is 0 Å². The van der Waals surface area contributed by atoms with Gasteiger partial charge in [-0.05, 0) is 43.0 Å². The van der Waals surface area contributed by atoms with E-state index in [0.717, 1.165) is 25.9 Å². The predicted molar refractivity (Wildman–Crippen MR) is 91.6 cm³/mol. The van der Waals surface area contributed by atoms with E-state index in [0.29, 0.717) is 23.6 Å². The average molecular weight is 323 g/mol. The average Bonchev–Trinajstić information content (AvgIpc) is 2.67. The Morgan fingerprint density at radius 1 is 1.04 bits per heavy atom.